The first-order chi connectivity index (χ1) is 19.4. The van der Waals surface area contributed by atoms with Crippen molar-refractivity contribution in [3.63, 3.8) is 0 Å². The van der Waals surface area contributed by atoms with Gasteiger partial charge in [-0.2, -0.15) is 5.10 Å². The number of anilines is 2. The number of aryl methyl sites for hydroxylation is 2. The molecule has 0 atom stereocenters. The molecule has 0 radical (unpaired) electrons. The van der Waals surface area contributed by atoms with Crippen LogP contribution in [0.15, 0.2) is 61.2 Å². The van der Waals surface area contributed by atoms with Gasteiger partial charge in [-0.25, -0.2) is 19.6 Å². The van der Waals surface area contributed by atoms with Crippen LogP contribution in [-0.4, -0.2) is 49.4 Å². The first-order valence-electron chi connectivity index (χ1n) is 12.8. The summed E-state index contributed by atoms with van der Waals surface area (Å²) in [5, 5.41) is 11.1. The first kappa shape index (κ1) is 26.9. The van der Waals surface area contributed by atoms with Crippen LogP contribution < -0.4 is 10.6 Å². The van der Waals surface area contributed by atoms with Crippen LogP contribution in [0.4, 0.5) is 15.6 Å². The van der Waals surface area contributed by atoms with E-state index >= 15 is 0 Å². The van der Waals surface area contributed by atoms with Crippen LogP contribution in [0.3, 0.4) is 0 Å². The zero-order chi connectivity index (χ0) is 28.1. The molecular formula is C28H29N7O4S. The molecule has 40 heavy (non-hydrogen) atoms. The summed E-state index contributed by atoms with van der Waals surface area (Å²) in [6.07, 6.45) is 7.31. The summed E-state index contributed by atoms with van der Waals surface area (Å²) >= 11 is 1.30. The third kappa shape index (κ3) is 6.12. The highest BCUT2D eigenvalue weighted by molar-refractivity contribution is 7.18. The van der Waals surface area contributed by atoms with Crippen molar-refractivity contribution in [3.8, 4) is 11.3 Å². The first-order valence-corrected chi connectivity index (χ1v) is 13.6. The topological polar surface area (TPSA) is 125 Å². The van der Waals surface area contributed by atoms with Crippen molar-refractivity contribution in [3.05, 3.63) is 82.9 Å². The van der Waals surface area contributed by atoms with Crippen LogP contribution in [0.5, 0.6) is 0 Å². The number of thiophene rings is 1. The Morgan fingerprint density at radius 2 is 1.93 bits per heavy atom. The average Bonchev–Trinajstić information content (AvgIpc) is 3.66. The van der Waals surface area contributed by atoms with Crippen molar-refractivity contribution in [2.75, 3.05) is 18.5 Å². The zero-order valence-electron chi connectivity index (χ0n) is 22.4. The average molecular weight is 560 g/mol. The Morgan fingerprint density at radius 1 is 1.10 bits per heavy atom. The van der Waals surface area contributed by atoms with Gasteiger partial charge in [0.15, 0.2) is 11.5 Å². The number of imidazole rings is 1. The van der Waals surface area contributed by atoms with Crippen molar-refractivity contribution < 1.29 is 19.1 Å². The third-order valence-corrected chi connectivity index (χ3v) is 7.16. The lowest BCUT2D eigenvalue weighted by Crippen LogP contribution is -2.26. The number of benzene rings is 1. The van der Waals surface area contributed by atoms with E-state index in [4.69, 9.17) is 14.5 Å². The fourth-order valence-electron chi connectivity index (χ4n) is 4.14. The molecule has 12 heteroatoms. The highest BCUT2D eigenvalue weighted by Gasteiger charge is 2.18. The molecule has 0 bridgehead atoms. The van der Waals surface area contributed by atoms with Crippen LogP contribution >= 0.6 is 11.3 Å². The van der Waals surface area contributed by atoms with E-state index in [0.717, 1.165) is 33.1 Å². The largest absolute Gasteiger partial charge is 0.462 e. The number of rotatable bonds is 10. The molecular weight excluding hydrogens is 530 g/mol. The van der Waals surface area contributed by atoms with Gasteiger partial charge in [0.05, 0.1) is 35.4 Å². The number of aromatic nitrogens is 5. The molecule has 0 fully saturated rings. The van der Waals surface area contributed by atoms with Crippen molar-refractivity contribution in [2.45, 2.75) is 26.9 Å². The predicted molar refractivity (Wildman–Crippen MR) is 152 cm³/mol. The van der Waals surface area contributed by atoms with Gasteiger partial charge in [-0.15, -0.1) is 11.3 Å². The van der Waals surface area contributed by atoms with Gasteiger partial charge in [-0.1, -0.05) is 30.3 Å². The number of nitrogens with zero attached hydrogens (tertiary/aromatic N) is 5. The minimum atomic E-state index is -0.498. The van der Waals surface area contributed by atoms with Gasteiger partial charge in [-0.3, -0.25) is 9.08 Å². The zero-order valence-corrected chi connectivity index (χ0v) is 23.2. The standard InChI is InChI=1S/C28H29N7O4S/c1-4-38-27(36)24-18(2)12-23(40-24)33-25-26-30-14-22(20-13-31-34(3)15-20)35(26)16-21(32-25)10-11-29-28(37)39-17-19-8-6-5-7-9-19/h5-9,12-16H,4,10-11,17H2,1-3H3,(H,29,37)(H,32,33). The molecule has 2 N–H and O–H groups in total. The van der Waals surface area contributed by atoms with E-state index in [1.807, 2.05) is 67.2 Å². The third-order valence-electron chi connectivity index (χ3n) is 6.03. The predicted octanol–water partition coefficient (Wildman–Crippen LogP) is 4.89. The molecule has 0 saturated carbocycles. The Labute approximate surface area is 234 Å². The Hall–Kier alpha value is -4.71. The monoisotopic (exact) mass is 559 g/mol. The number of nitrogens with one attached hydrogen (secondary N) is 2. The normalized spacial score (nSPS) is 11.0. The van der Waals surface area contributed by atoms with Gasteiger partial charge in [0.1, 0.15) is 11.5 Å². The molecule has 4 heterocycles. The molecule has 4 aromatic heterocycles. The van der Waals surface area contributed by atoms with E-state index in [2.05, 4.69) is 20.7 Å². The molecule has 1 amide bonds. The number of alkyl carbamates (subject to hydrolysis) is 1. The number of hydrogen-bond acceptors (Lipinski definition) is 9. The SMILES string of the molecule is CCOC(=O)c1sc(Nc2nc(CCNC(=O)OCc3ccccc3)cn3c(-c4cnn(C)c4)cnc23)cc1C. The maximum atomic E-state index is 12.3. The second-order valence-corrected chi connectivity index (χ2v) is 10.1. The van der Waals surface area contributed by atoms with Gasteiger partial charge in [-0.05, 0) is 31.0 Å². The fourth-order valence-corrected chi connectivity index (χ4v) is 5.10. The number of fused-ring (bicyclic) bond motifs is 1. The fraction of sp³-hybridized carbons (Fsp3) is 0.250. The number of esters is 1. The number of hydrogen-bond donors (Lipinski definition) is 2. The molecule has 0 aliphatic rings. The van der Waals surface area contributed by atoms with Crippen LogP contribution in [0.25, 0.3) is 16.9 Å². The quantitative estimate of drug-likeness (QED) is 0.232. The molecule has 0 aliphatic carbocycles. The smallest absolute Gasteiger partial charge is 0.407 e. The maximum absolute atomic E-state index is 12.3. The van der Waals surface area contributed by atoms with E-state index in [1.165, 1.54) is 11.3 Å². The van der Waals surface area contributed by atoms with E-state index in [0.29, 0.717) is 35.9 Å². The molecule has 5 aromatic rings. The molecule has 1 aromatic carbocycles. The molecule has 0 unspecified atom stereocenters. The summed E-state index contributed by atoms with van der Waals surface area (Å²) in [5.74, 6) is 0.172. The van der Waals surface area contributed by atoms with Crippen molar-refractivity contribution in [1.82, 2.24) is 29.5 Å². The minimum absolute atomic E-state index is 0.197. The van der Waals surface area contributed by atoms with E-state index in [1.54, 1.807) is 24.0 Å². The molecule has 11 nitrogen and oxygen atoms in total. The molecule has 5 rings (SSSR count). The van der Waals surface area contributed by atoms with Gasteiger partial charge < -0.3 is 20.1 Å². The lowest BCUT2D eigenvalue weighted by molar-refractivity contribution is 0.0531. The Balaban J connectivity index is 1.37. The second kappa shape index (κ2) is 12.0. The van der Waals surface area contributed by atoms with E-state index in [9.17, 15) is 9.59 Å². The van der Waals surface area contributed by atoms with Crippen LogP contribution in [-0.2, 0) is 29.5 Å². The van der Waals surface area contributed by atoms with Crippen LogP contribution in [0.2, 0.25) is 0 Å². The lowest BCUT2D eigenvalue weighted by Gasteiger charge is -2.11. The highest BCUT2D eigenvalue weighted by atomic mass is 32.1. The molecule has 0 aliphatic heterocycles. The molecule has 0 saturated heterocycles. The number of ether oxygens (including phenoxy) is 2. The number of carbonyl (C=O) groups is 2. The number of amides is 1. The van der Waals surface area contributed by atoms with E-state index < -0.39 is 6.09 Å². The number of carbonyl (C=O) groups excluding carboxylic acids is 2. The van der Waals surface area contributed by atoms with E-state index in [-0.39, 0.29) is 12.6 Å². The second-order valence-electron chi connectivity index (χ2n) is 9.03. The van der Waals surface area contributed by atoms with Crippen LogP contribution in [0.1, 0.15) is 33.4 Å². The van der Waals surface area contributed by atoms with Crippen molar-refractivity contribution in [2.24, 2.45) is 7.05 Å². The lowest BCUT2D eigenvalue weighted by atomic mass is 10.2. The summed E-state index contributed by atoms with van der Waals surface area (Å²) in [6, 6.07) is 11.4. The Morgan fingerprint density at radius 3 is 2.67 bits per heavy atom. The van der Waals surface area contributed by atoms with Gasteiger partial charge in [0, 0.05) is 38.0 Å². The molecule has 0 spiro atoms. The summed E-state index contributed by atoms with van der Waals surface area (Å²) in [4.78, 5) is 34.5. The van der Waals surface area contributed by atoms with Crippen molar-refractivity contribution >= 4 is 39.9 Å². The summed E-state index contributed by atoms with van der Waals surface area (Å²) in [5.41, 5.74) is 4.81. The van der Waals surface area contributed by atoms with Gasteiger partial charge in [0.2, 0.25) is 0 Å². The minimum Gasteiger partial charge on any atom is -0.462 e. The highest BCUT2D eigenvalue weighted by Crippen LogP contribution is 2.32. The van der Waals surface area contributed by atoms with Gasteiger partial charge in [0.25, 0.3) is 0 Å². The summed E-state index contributed by atoms with van der Waals surface area (Å²) in [6.45, 7) is 4.48. The summed E-state index contributed by atoms with van der Waals surface area (Å²) in [7, 11) is 1.86. The Kier molecular flexibility index (Phi) is 8.06. The Bertz CT molecular complexity index is 1640. The molecule has 206 valence electrons. The summed E-state index contributed by atoms with van der Waals surface area (Å²) < 4.78 is 14.2. The van der Waals surface area contributed by atoms with Gasteiger partial charge >= 0.3 is 12.1 Å². The van der Waals surface area contributed by atoms with Crippen LogP contribution in [0, 0.1) is 6.92 Å². The van der Waals surface area contributed by atoms with Crippen molar-refractivity contribution in [1.29, 1.82) is 0 Å². The maximum Gasteiger partial charge on any atom is 0.407 e.